The molecule has 0 saturated carbocycles. The van der Waals surface area contributed by atoms with Gasteiger partial charge in [0.1, 0.15) is 5.00 Å². The van der Waals surface area contributed by atoms with Crippen molar-refractivity contribution in [2.45, 2.75) is 46.0 Å². The van der Waals surface area contributed by atoms with Crippen LogP contribution in [0.5, 0.6) is 0 Å². The number of nitrogens with one attached hydrogen (secondary N) is 2. The lowest BCUT2D eigenvalue weighted by Crippen LogP contribution is -2.19. The van der Waals surface area contributed by atoms with E-state index in [4.69, 9.17) is 11.6 Å². The van der Waals surface area contributed by atoms with Gasteiger partial charge >= 0.3 is 0 Å². The van der Waals surface area contributed by atoms with Crippen LogP contribution in [-0.4, -0.2) is 11.8 Å². The van der Waals surface area contributed by atoms with Crippen molar-refractivity contribution in [1.82, 2.24) is 0 Å². The summed E-state index contributed by atoms with van der Waals surface area (Å²) in [5.74, 6) is -0.405. The van der Waals surface area contributed by atoms with Gasteiger partial charge in [0.25, 0.3) is 11.8 Å². The molecule has 1 aliphatic carbocycles. The van der Waals surface area contributed by atoms with Crippen molar-refractivity contribution in [3.8, 4) is 0 Å². The van der Waals surface area contributed by atoms with Gasteiger partial charge in [-0.3, -0.25) is 9.59 Å². The van der Waals surface area contributed by atoms with Gasteiger partial charge in [-0.25, -0.2) is 0 Å². The zero-order valence-electron chi connectivity index (χ0n) is 17.7. The molecule has 4 rings (SSSR count). The molecule has 160 valence electrons. The Balaban J connectivity index is 1.69. The highest BCUT2D eigenvalue weighted by molar-refractivity contribution is 7.17. The Labute approximate surface area is 191 Å². The number of carbonyl (C=O) groups is 2. The highest BCUT2D eigenvalue weighted by Gasteiger charge is 2.26. The molecule has 2 amide bonds. The minimum atomic E-state index is -0.241. The first-order chi connectivity index (χ1) is 14.9. The molecule has 0 atom stereocenters. The Bertz CT molecular complexity index is 1110. The number of carbonyl (C=O) groups excluding carboxylic acids is 2. The minimum absolute atomic E-state index is 0.164. The third-order valence-electron chi connectivity index (χ3n) is 5.70. The van der Waals surface area contributed by atoms with Crippen molar-refractivity contribution >= 4 is 45.4 Å². The Hall–Kier alpha value is -2.63. The number of anilines is 2. The third kappa shape index (κ3) is 4.68. The number of amides is 2. The fraction of sp³-hybridized carbons (Fsp3) is 0.280. The molecule has 0 unspecified atom stereocenters. The quantitative estimate of drug-likeness (QED) is 0.428. The lowest BCUT2D eigenvalue weighted by atomic mass is 10.0. The van der Waals surface area contributed by atoms with E-state index in [1.807, 2.05) is 32.0 Å². The second-order valence-electron chi connectivity index (χ2n) is 7.95. The Morgan fingerprint density at radius 3 is 2.26 bits per heavy atom. The largest absolute Gasteiger partial charge is 0.321 e. The van der Waals surface area contributed by atoms with Crippen molar-refractivity contribution < 1.29 is 9.59 Å². The molecular formula is C25H25ClN2O2S. The van der Waals surface area contributed by atoms with Crippen LogP contribution in [0.1, 0.15) is 61.5 Å². The molecule has 31 heavy (non-hydrogen) atoms. The maximum Gasteiger partial charge on any atom is 0.258 e. The van der Waals surface area contributed by atoms with E-state index in [0.29, 0.717) is 21.2 Å². The predicted octanol–water partition coefficient (Wildman–Crippen LogP) is 6.79. The number of thiophene rings is 1. The summed E-state index contributed by atoms with van der Waals surface area (Å²) in [4.78, 5) is 27.5. The summed E-state index contributed by atoms with van der Waals surface area (Å²) in [6, 6.07) is 12.7. The minimum Gasteiger partial charge on any atom is -0.321 e. The number of rotatable bonds is 4. The lowest BCUT2D eigenvalue weighted by molar-refractivity contribution is 0.102. The monoisotopic (exact) mass is 452 g/mol. The molecule has 1 aliphatic rings. The van der Waals surface area contributed by atoms with Crippen LogP contribution in [0.25, 0.3) is 0 Å². The van der Waals surface area contributed by atoms with Crippen molar-refractivity contribution in [3.63, 3.8) is 0 Å². The SMILES string of the molecule is Cc1cccc(C)c1NC(=O)c1c(NC(=O)c2ccc(Cl)cc2)sc2c1CCCCC2. The van der Waals surface area contributed by atoms with Crippen LogP contribution in [0.3, 0.4) is 0 Å². The molecule has 0 fully saturated rings. The molecule has 2 aromatic carbocycles. The van der Waals surface area contributed by atoms with Crippen molar-refractivity contribution in [3.05, 3.63) is 80.2 Å². The van der Waals surface area contributed by atoms with Gasteiger partial charge in [-0.2, -0.15) is 0 Å². The van der Waals surface area contributed by atoms with E-state index >= 15 is 0 Å². The van der Waals surface area contributed by atoms with Crippen molar-refractivity contribution in [2.24, 2.45) is 0 Å². The van der Waals surface area contributed by atoms with E-state index in [9.17, 15) is 9.59 Å². The number of fused-ring (bicyclic) bond motifs is 1. The second kappa shape index (κ2) is 9.25. The number of para-hydroxylation sites is 1. The maximum atomic E-state index is 13.5. The zero-order valence-corrected chi connectivity index (χ0v) is 19.3. The predicted molar refractivity (Wildman–Crippen MR) is 129 cm³/mol. The van der Waals surface area contributed by atoms with Crippen LogP contribution >= 0.6 is 22.9 Å². The molecule has 0 radical (unpaired) electrons. The summed E-state index contributed by atoms with van der Waals surface area (Å²) < 4.78 is 0. The van der Waals surface area contributed by atoms with E-state index in [1.165, 1.54) is 16.2 Å². The summed E-state index contributed by atoms with van der Waals surface area (Å²) >= 11 is 7.48. The fourth-order valence-corrected chi connectivity index (χ4v) is 5.44. The Morgan fingerprint density at radius 1 is 0.871 bits per heavy atom. The van der Waals surface area contributed by atoms with Crippen LogP contribution in [0.4, 0.5) is 10.7 Å². The summed E-state index contributed by atoms with van der Waals surface area (Å²) in [7, 11) is 0. The second-order valence-corrected chi connectivity index (χ2v) is 9.49. The van der Waals surface area contributed by atoms with Gasteiger partial charge in [0, 0.05) is 21.2 Å². The van der Waals surface area contributed by atoms with Crippen LogP contribution in [0.2, 0.25) is 5.02 Å². The number of halogens is 1. The van der Waals surface area contributed by atoms with E-state index < -0.39 is 0 Å². The van der Waals surface area contributed by atoms with Crippen LogP contribution < -0.4 is 10.6 Å². The standard InChI is InChI=1S/C25H25ClN2O2S/c1-15-7-6-8-16(2)22(15)27-24(30)21-19-9-4-3-5-10-20(19)31-25(21)28-23(29)17-11-13-18(26)14-12-17/h6-8,11-14H,3-5,9-10H2,1-2H3,(H,27,30)(H,28,29). The van der Waals surface area contributed by atoms with Crippen molar-refractivity contribution in [2.75, 3.05) is 10.6 Å². The van der Waals surface area contributed by atoms with Crippen LogP contribution in [-0.2, 0) is 12.8 Å². The average Bonchev–Trinajstić information content (AvgIpc) is 2.91. The number of hydrogen-bond acceptors (Lipinski definition) is 3. The third-order valence-corrected chi connectivity index (χ3v) is 7.16. The molecular weight excluding hydrogens is 428 g/mol. The number of aryl methyl sites for hydroxylation is 3. The maximum absolute atomic E-state index is 13.5. The van der Waals surface area contributed by atoms with Gasteiger partial charge in [0.05, 0.1) is 5.56 Å². The molecule has 0 bridgehead atoms. The number of benzene rings is 2. The molecule has 1 heterocycles. The average molecular weight is 453 g/mol. The Morgan fingerprint density at radius 2 is 1.55 bits per heavy atom. The van der Waals surface area contributed by atoms with E-state index in [1.54, 1.807) is 24.3 Å². The van der Waals surface area contributed by atoms with Gasteiger partial charge in [-0.1, -0.05) is 36.2 Å². The molecule has 0 spiro atoms. The van der Waals surface area contributed by atoms with Gasteiger partial charge in [-0.05, 0) is 80.5 Å². The first kappa shape index (κ1) is 21.6. The summed E-state index contributed by atoms with van der Waals surface area (Å²) in [5.41, 5.74) is 5.05. The molecule has 4 nitrogen and oxygen atoms in total. The highest BCUT2D eigenvalue weighted by atomic mass is 35.5. The fourth-order valence-electron chi connectivity index (χ4n) is 4.04. The summed E-state index contributed by atoms with van der Waals surface area (Å²) in [6.45, 7) is 3.97. The van der Waals surface area contributed by atoms with E-state index in [0.717, 1.165) is 54.5 Å². The van der Waals surface area contributed by atoms with Gasteiger partial charge in [0.2, 0.25) is 0 Å². The van der Waals surface area contributed by atoms with Crippen LogP contribution in [0, 0.1) is 13.8 Å². The molecule has 3 aromatic rings. The normalized spacial score (nSPS) is 13.3. The zero-order chi connectivity index (χ0) is 22.0. The topological polar surface area (TPSA) is 58.2 Å². The van der Waals surface area contributed by atoms with Gasteiger partial charge in [0.15, 0.2) is 0 Å². The van der Waals surface area contributed by atoms with Crippen LogP contribution in [0.15, 0.2) is 42.5 Å². The molecule has 1 aromatic heterocycles. The summed E-state index contributed by atoms with van der Waals surface area (Å²) in [6.07, 6.45) is 5.12. The highest BCUT2D eigenvalue weighted by Crippen LogP contribution is 2.38. The molecule has 0 aliphatic heterocycles. The lowest BCUT2D eigenvalue weighted by Gasteiger charge is -2.14. The smallest absolute Gasteiger partial charge is 0.258 e. The van der Waals surface area contributed by atoms with Crippen molar-refractivity contribution in [1.29, 1.82) is 0 Å². The van der Waals surface area contributed by atoms with E-state index in [-0.39, 0.29) is 11.8 Å². The Kier molecular flexibility index (Phi) is 6.44. The summed E-state index contributed by atoms with van der Waals surface area (Å²) in [5, 5.41) is 7.30. The first-order valence-corrected chi connectivity index (χ1v) is 11.7. The molecule has 6 heteroatoms. The first-order valence-electron chi connectivity index (χ1n) is 10.5. The van der Waals surface area contributed by atoms with Gasteiger partial charge in [-0.15, -0.1) is 11.3 Å². The molecule has 0 saturated heterocycles. The van der Waals surface area contributed by atoms with E-state index in [2.05, 4.69) is 10.6 Å². The molecule has 2 N–H and O–H groups in total. The number of hydrogen-bond donors (Lipinski definition) is 2. The van der Waals surface area contributed by atoms with Gasteiger partial charge < -0.3 is 10.6 Å².